The highest BCUT2D eigenvalue weighted by Crippen LogP contribution is 2.32. The van der Waals surface area contributed by atoms with Crippen LogP contribution in [0.1, 0.15) is 32.3 Å². The number of amides is 1. The quantitative estimate of drug-likeness (QED) is 0.708. The van der Waals surface area contributed by atoms with E-state index >= 15 is 0 Å². The first-order valence-electron chi connectivity index (χ1n) is 6.74. The summed E-state index contributed by atoms with van der Waals surface area (Å²) in [6.07, 6.45) is -3.35. The molecule has 0 spiro atoms. The topological polar surface area (TPSA) is 67.2 Å². The average Bonchev–Trinajstić information content (AvgIpc) is 2.39. The van der Waals surface area contributed by atoms with Gasteiger partial charge in [-0.3, -0.25) is 4.79 Å². The fourth-order valence-corrected chi connectivity index (χ4v) is 1.66. The SMILES string of the molecule is CCC(C)NC(=O)CCNc1ccc(C(F)(F)F)cc1N. The number of carbonyl (C=O) groups excluding carboxylic acids is 1. The van der Waals surface area contributed by atoms with E-state index in [1.54, 1.807) is 0 Å². The number of alkyl halides is 3. The number of nitrogen functional groups attached to an aromatic ring is 1. The first-order valence-corrected chi connectivity index (χ1v) is 6.74. The lowest BCUT2D eigenvalue weighted by Gasteiger charge is -2.14. The molecule has 118 valence electrons. The third-order valence-electron chi connectivity index (χ3n) is 3.07. The molecule has 0 aromatic heterocycles. The molecule has 0 fully saturated rings. The lowest BCUT2D eigenvalue weighted by atomic mass is 10.1. The molecule has 0 aliphatic heterocycles. The standard InChI is InChI=1S/C14H20F3N3O/c1-3-9(2)20-13(21)6-7-19-12-5-4-10(8-11(12)18)14(15,16)17/h4-5,8-9,19H,3,6-7,18H2,1-2H3,(H,20,21). The van der Waals surface area contributed by atoms with Gasteiger partial charge in [-0.1, -0.05) is 6.92 Å². The van der Waals surface area contributed by atoms with Crippen LogP contribution in [-0.4, -0.2) is 18.5 Å². The Labute approximate surface area is 121 Å². The summed E-state index contributed by atoms with van der Waals surface area (Å²) in [7, 11) is 0. The van der Waals surface area contributed by atoms with Gasteiger partial charge in [0.05, 0.1) is 16.9 Å². The van der Waals surface area contributed by atoms with Crippen LogP contribution >= 0.6 is 0 Å². The van der Waals surface area contributed by atoms with Crippen LogP contribution in [0.2, 0.25) is 0 Å². The molecule has 1 aromatic carbocycles. The summed E-state index contributed by atoms with van der Waals surface area (Å²) in [6.45, 7) is 4.17. The zero-order chi connectivity index (χ0) is 16.0. The Morgan fingerprint density at radius 2 is 2.05 bits per heavy atom. The number of anilines is 2. The van der Waals surface area contributed by atoms with E-state index in [1.165, 1.54) is 6.07 Å². The van der Waals surface area contributed by atoms with Gasteiger partial charge in [0.1, 0.15) is 0 Å². The van der Waals surface area contributed by atoms with Crippen LogP contribution in [-0.2, 0) is 11.0 Å². The highest BCUT2D eigenvalue weighted by atomic mass is 19.4. The minimum atomic E-state index is -4.41. The van der Waals surface area contributed by atoms with Crippen molar-refractivity contribution in [3.8, 4) is 0 Å². The minimum Gasteiger partial charge on any atom is -0.397 e. The molecule has 4 N–H and O–H groups in total. The van der Waals surface area contributed by atoms with E-state index in [0.29, 0.717) is 12.2 Å². The maximum atomic E-state index is 12.5. The van der Waals surface area contributed by atoms with Crippen molar-refractivity contribution in [3.63, 3.8) is 0 Å². The fraction of sp³-hybridized carbons (Fsp3) is 0.500. The zero-order valence-corrected chi connectivity index (χ0v) is 12.1. The maximum absolute atomic E-state index is 12.5. The van der Waals surface area contributed by atoms with Crippen LogP contribution in [0.25, 0.3) is 0 Å². The molecule has 21 heavy (non-hydrogen) atoms. The zero-order valence-electron chi connectivity index (χ0n) is 12.1. The van der Waals surface area contributed by atoms with Crippen molar-refractivity contribution in [1.29, 1.82) is 0 Å². The lowest BCUT2D eigenvalue weighted by Crippen LogP contribution is -2.33. The van der Waals surface area contributed by atoms with E-state index in [-0.39, 0.29) is 24.1 Å². The maximum Gasteiger partial charge on any atom is 0.416 e. The summed E-state index contributed by atoms with van der Waals surface area (Å²) in [4.78, 5) is 11.5. The molecule has 1 aromatic rings. The van der Waals surface area contributed by atoms with Gasteiger partial charge < -0.3 is 16.4 Å². The molecule has 1 rings (SSSR count). The molecule has 0 heterocycles. The number of rotatable bonds is 6. The molecular formula is C14H20F3N3O. The normalized spacial score (nSPS) is 12.8. The smallest absolute Gasteiger partial charge is 0.397 e. The molecule has 1 amide bonds. The van der Waals surface area contributed by atoms with Gasteiger partial charge in [0, 0.05) is 19.0 Å². The van der Waals surface area contributed by atoms with Crippen LogP contribution in [0, 0.1) is 0 Å². The third-order valence-corrected chi connectivity index (χ3v) is 3.07. The molecule has 0 aliphatic rings. The molecule has 0 aliphatic carbocycles. The second-order valence-electron chi connectivity index (χ2n) is 4.85. The number of nitrogens with two attached hydrogens (primary N) is 1. The van der Waals surface area contributed by atoms with Gasteiger partial charge in [-0.15, -0.1) is 0 Å². The summed E-state index contributed by atoms with van der Waals surface area (Å²) in [6, 6.07) is 3.21. The van der Waals surface area contributed by atoms with Crippen molar-refractivity contribution >= 4 is 17.3 Å². The van der Waals surface area contributed by atoms with Gasteiger partial charge in [-0.25, -0.2) is 0 Å². The highest BCUT2D eigenvalue weighted by Gasteiger charge is 2.30. The van der Waals surface area contributed by atoms with Gasteiger partial charge in [0.2, 0.25) is 5.91 Å². The largest absolute Gasteiger partial charge is 0.416 e. The predicted molar refractivity (Wildman–Crippen MR) is 76.9 cm³/mol. The fourth-order valence-electron chi connectivity index (χ4n) is 1.66. The van der Waals surface area contributed by atoms with Crippen molar-refractivity contribution in [1.82, 2.24) is 5.32 Å². The Hall–Kier alpha value is -1.92. The van der Waals surface area contributed by atoms with Crippen molar-refractivity contribution in [2.75, 3.05) is 17.6 Å². The van der Waals surface area contributed by atoms with E-state index in [1.807, 2.05) is 13.8 Å². The van der Waals surface area contributed by atoms with E-state index in [0.717, 1.165) is 18.6 Å². The molecule has 4 nitrogen and oxygen atoms in total. The minimum absolute atomic E-state index is 0.00663. The summed E-state index contributed by atoms with van der Waals surface area (Å²) < 4.78 is 37.5. The Bertz CT molecular complexity index is 489. The van der Waals surface area contributed by atoms with Gasteiger partial charge in [0.15, 0.2) is 0 Å². The van der Waals surface area contributed by atoms with Crippen molar-refractivity contribution in [2.24, 2.45) is 0 Å². The Balaban J connectivity index is 2.51. The summed E-state index contributed by atoms with van der Waals surface area (Å²) in [5.74, 6) is -0.109. The third kappa shape index (κ3) is 5.53. The number of benzene rings is 1. The number of nitrogens with one attached hydrogen (secondary N) is 2. The summed E-state index contributed by atoms with van der Waals surface area (Å²) in [5.41, 5.74) is 5.18. The Morgan fingerprint density at radius 1 is 1.38 bits per heavy atom. The van der Waals surface area contributed by atoms with Gasteiger partial charge >= 0.3 is 6.18 Å². The van der Waals surface area contributed by atoms with E-state index in [9.17, 15) is 18.0 Å². The Morgan fingerprint density at radius 3 is 2.57 bits per heavy atom. The number of hydrogen-bond donors (Lipinski definition) is 3. The second-order valence-corrected chi connectivity index (χ2v) is 4.85. The van der Waals surface area contributed by atoms with Crippen molar-refractivity contribution in [3.05, 3.63) is 23.8 Å². The molecule has 1 unspecified atom stereocenters. The van der Waals surface area contributed by atoms with Crippen LogP contribution < -0.4 is 16.4 Å². The van der Waals surface area contributed by atoms with Crippen molar-refractivity contribution < 1.29 is 18.0 Å². The average molecular weight is 303 g/mol. The molecule has 7 heteroatoms. The summed E-state index contributed by atoms with van der Waals surface area (Å²) >= 11 is 0. The Kier molecular flexibility index (Phi) is 5.87. The second kappa shape index (κ2) is 7.19. The van der Waals surface area contributed by atoms with Gasteiger partial charge in [-0.05, 0) is 31.5 Å². The predicted octanol–water partition coefficient (Wildman–Crippen LogP) is 3.00. The first-order chi connectivity index (χ1) is 9.74. The van der Waals surface area contributed by atoms with Gasteiger partial charge in [0.25, 0.3) is 0 Å². The number of carbonyl (C=O) groups is 1. The molecule has 0 radical (unpaired) electrons. The number of hydrogen-bond acceptors (Lipinski definition) is 3. The highest BCUT2D eigenvalue weighted by molar-refractivity contribution is 5.77. The molecule has 0 saturated heterocycles. The van der Waals surface area contributed by atoms with Gasteiger partial charge in [-0.2, -0.15) is 13.2 Å². The van der Waals surface area contributed by atoms with E-state index < -0.39 is 11.7 Å². The monoisotopic (exact) mass is 303 g/mol. The first kappa shape index (κ1) is 17.1. The van der Waals surface area contributed by atoms with E-state index in [4.69, 9.17) is 5.73 Å². The molecule has 1 atom stereocenters. The lowest BCUT2D eigenvalue weighted by molar-refractivity contribution is -0.137. The van der Waals surface area contributed by atoms with Crippen LogP contribution in [0.4, 0.5) is 24.5 Å². The summed E-state index contributed by atoms with van der Waals surface area (Å²) in [5, 5.41) is 5.66. The van der Waals surface area contributed by atoms with Crippen LogP contribution in [0.3, 0.4) is 0 Å². The molecular weight excluding hydrogens is 283 g/mol. The molecule has 0 bridgehead atoms. The number of halogens is 3. The molecule has 0 saturated carbocycles. The van der Waals surface area contributed by atoms with Crippen LogP contribution in [0.15, 0.2) is 18.2 Å². The van der Waals surface area contributed by atoms with Crippen LogP contribution in [0.5, 0.6) is 0 Å². The van der Waals surface area contributed by atoms with E-state index in [2.05, 4.69) is 10.6 Å². The van der Waals surface area contributed by atoms with Crippen molar-refractivity contribution in [2.45, 2.75) is 38.9 Å².